The predicted octanol–water partition coefficient (Wildman–Crippen LogP) is 3.16. The van der Waals surface area contributed by atoms with Gasteiger partial charge in [0, 0.05) is 12.6 Å². The third-order valence-electron chi connectivity index (χ3n) is 4.10. The Morgan fingerprint density at radius 2 is 1.94 bits per heavy atom. The van der Waals surface area contributed by atoms with E-state index < -0.39 is 5.60 Å². The largest absolute Gasteiger partial charge is 0.384 e. The minimum atomic E-state index is -0.750. The highest BCUT2D eigenvalue weighted by Crippen LogP contribution is 2.25. The van der Waals surface area contributed by atoms with E-state index in [0.717, 1.165) is 18.7 Å². The summed E-state index contributed by atoms with van der Waals surface area (Å²) in [6.07, 6.45) is 5.17. The normalized spacial score (nSPS) is 25.4. The van der Waals surface area contributed by atoms with E-state index in [9.17, 15) is 5.11 Å². The lowest BCUT2D eigenvalue weighted by molar-refractivity contribution is 0.00510. The summed E-state index contributed by atoms with van der Waals surface area (Å²) in [6, 6.07) is 10.6. The summed E-state index contributed by atoms with van der Waals surface area (Å²) in [6.45, 7) is 6.06. The van der Waals surface area contributed by atoms with Crippen molar-refractivity contribution in [2.45, 2.75) is 51.2 Å². The first kappa shape index (κ1) is 13.6. The van der Waals surface area contributed by atoms with Crippen LogP contribution in [0.25, 0.3) is 0 Å². The van der Waals surface area contributed by atoms with Crippen molar-refractivity contribution in [1.82, 2.24) is 4.90 Å². The molecule has 2 unspecified atom stereocenters. The zero-order valence-corrected chi connectivity index (χ0v) is 11.6. The molecule has 2 atom stereocenters. The van der Waals surface area contributed by atoms with Crippen molar-refractivity contribution < 1.29 is 5.11 Å². The van der Waals surface area contributed by atoms with Gasteiger partial charge in [-0.2, -0.15) is 0 Å². The molecule has 1 saturated heterocycles. The number of likely N-dealkylation sites (tertiary alicyclic amines) is 1. The molecule has 0 bridgehead atoms. The predicted molar refractivity (Wildman–Crippen MR) is 75.5 cm³/mol. The van der Waals surface area contributed by atoms with Crippen molar-refractivity contribution >= 4 is 0 Å². The molecule has 2 heteroatoms. The minimum absolute atomic E-state index is 0.586. The summed E-state index contributed by atoms with van der Waals surface area (Å²) < 4.78 is 0. The van der Waals surface area contributed by atoms with E-state index in [0.29, 0.717) is 6.04 Å². The molecule has 0 saturated carbocycles. The quantitative estimate of drug-likeness (QED) is 0.887. The number of β-amino-alcohol motifs (C(OH)–C–C–N with tert-alkyl or cyclic N) is 1. The van der Waals surface area contributed by atoms with Crippen LogP contribution in [0.2, 0.25) is 0 Å². The van der Waals surface area contributed by atoms with Crippen molar-refractivity contribution in [2.75, 3.05) is 13.1 Å². The van der Waals surface area contributed by atoms with Crippen LogP contribution in [0.3, 0.4) is 0 Å². The zero-order chi connectivity index (χ0) is 13.0. The van der Waals surface area contributed by atoms with Gasteiger partial charge in [0.05, 0.1) is 5.60 Å². The Morgan fingerprint density at radius 1 is 1.22 bits per heavy atom. The molecule has 2 rings (SSSR count). The van der Waals surface area contributed by atoms with E-state index in [1.807, 2.05) is 37.3 Å². The number of hydrogen-bond acceptors (Lipinski definition) is 2. The van der Waals surface area contributed by atoms with Gasteiger partial charge in [-0.15, -0.1) is 0 Å². The van der Waals surface area contributed by atoms with Crippen molar-refractivity contribution in [3.63, 3.8) is 0 Å². The first-order chi connectivity index (χ1) is 8.59. The van der Waals surface area contributed by atoms with E-state index in [1.165, 1.54) is 25.7 Å². The third-order valence-corrected chi connectivity index (χ3v) is 4.10. The first-order valence-electron chi connectivity index (χ1n) is 7.11. The molecule has 0 spiro atoms. The van der Waals surface area contributed by atoms with E-state index in [2.05, 4.69) is 11.8 Å². The molecule has 2 nitrogen and oxygen atoms in total. The maximum Gasteiger partial charge on any atom is 0.0994 e. The Morgan fingerprint density at radius 3 is 2.67 bits per heavy atom. The number of rotatable bonds is 3. The fraction of sp³-hybridized carbons (Fsp3) is 0.625. The summed E-state index contributed by atoms with van der Waals surface area (Å²) in [5.74, 6) is 0. The molecule has 1 fully saturated rings. The highest BCUT2D eigenvalue weighted by molar-refractivity contribution is 5.21. The molecule has 1 N–H and O–H groups in total. The Hall–Kier alpha value is -0.860. The average Bonchev–Trinajstić information content (AvgIpc) is 2.56. The molecule has 0 aromatic heterocycles. The van der Waals surface area contributed by atoms with Crippen molar-refractivity contribution in [3.05, 3.63) is 35.9 Å². The third kappa shape index (κ3) is 3.33. The summed E-state index contributed by atoms with van der Waals surface area (Å²) >= 11 is 0. The smallest absolute Gasteiger partial charge is 0.0994 e. The molecule has 1 aromatic carbocycles. The van der Waals surface area contributed by atoms with E-state index in [1.54, 1.807) is 0 Å². The average molecular weight is 247 g/mol. The lowest BCUT2D eigenvalue weighted by Gasteiger charge is -2.34. The van der Waals surface area contributed by atoms with Crippen molar-refractivity contribution in [3.8, 4) is 0 Å². The second-order valence-corrected chi connectivity index (χ2v) is 5.81. The highest BCUT2D eigenvalue weighted by atomic mass is 16.3. The molecular weight excluding hydrogens is 222 g/mol. The van der Waals surface area contributed by atoms with Crippen LogP contribution in [-0.2, 0) is 5.60 Å². The first-order valence-corrected chi connectivity index (χ1v) is 7.11. The summed E-state index contributed by atoms with van der Waals surface area (Å²) in [5.41, 5.74) is 0.265. The molecular formula is C16H25NO. The minimum Gasteiger partial charge on any atom is -0.384 e. The SMILES string of the molecule is CC1CCCCCN1CC(C)(O)c1ccccc1. The standard InChI is InChI=1S/C16H25NO/c1-14-9-5-4-8-12-17(14)13-16(2,18)15-10-6-3-7-11-15/h3,6-7,10-11,14,18H,4-5,8-9,12-13H2,1-2H3. The van der Waals surface area contributed by atoms with Crippen molar-refractivity contribution in [1.29, 1.82) is 0 Å². The summed E-state index contributed by atoms with van der Waals surface area (Å²) in [4.78, 5) is 2.44. The Bertz CT molecular complexity index is 361. The second-order valence-electron chi connectivity index (χ2n) is 5.81. The lowest BCUT2D eigenvalue weighted by Crippen LogP contribution is -2.43. The maximum absolute atomic E-state index is 10.7. The highest BCUT2D eigenvalue weighted by Gasteiger charge is 2.28. The molecule has 1 heterocycles. The molecule has 0 radical (unpaired) electrons. The number of benzene rings is 1. The van der Waals surface area contributed by atoms with Gasteiger partial charge in [0.1, 0.15) is 0 Å². The van der Waals surface area contributed by atoms with Crippen LogP contribution < -0.4 is 0 Å². The van der Waals surface area contributed by atoms with Crippen LogP contribution in [0, 0.1) is 0 Å². The van der Waals surface area contributed by atoms with Gasteiger partial charge in [-0.3, -0.25) is 4.90 Å². The molecule has 100 valence electrons. The second kappa shape index (κ2) is 5.85. The molecule has 0 amide bonds. The van der Waals surface area contributed by atoms with Gasteiger partial charge in [0.25, 0.3) is 0 Å². The maximum atomic E-state index is 10.7. The molecule has 1 aliphatic rings. The van der Waals surface area contributed by atoms with Gasteiger partial charge in [0.15, 0.2) is 0 Å². The van der Waals surface area contributed by atoms with Crippen LogP contribution >= 0.6 is 0 Å². The van der Waals surface area contributed by atoms with Crippen LogP contribution in [-0.4, -0.2) is 29.1 Å². The molecule has 18 heavy (non-hydrogen) atoms. The van der Waals surface area contributed by atoms with Crippen LogP contribution in [0.5, 0.6) is 0 Å². The fourth-order valence-corrected chi connectivity index (χ4v) is 2.85. The number of aliphatic hydroxyl groups is 1. The zero-order valence-electron chi connectivity index (χ0n) is 11.6. The van der Waals surface area contributed by atoms with Gasteiger partial charge in [-0.05, 0) is 38.8 Å². The number of nitrogens with zero attached hydrogens (tertiary/aromatic N) is 1. The molecule has 1 aromatic rings. The Labute approximate surface area is 111 Å². The van der Waals surface area contributed by atoms with E-state index >= 15 is 0 Å². The van der Waals surface area contributed by atoms with Crippen molar-refractivity contribution in [2.24, 2.45) is 0 Å². The topological polar surface area (TPSA) is 23.5 Å². The van der Waals surface area contributed by atoms with Crippen LogP contribution in [0.1, 0.15) is 45.1 Å². The van der Waals surface area contributed by atoms with E-state index in [-0.39, 0.29) is 0 Å². The van der Waals surface area contributed by atoms with Gasteiger partial charge in [-0.1, -0.05) is 43.2 Å². The van der Waals surface area contributed by atoms with Gasteiger partial charge >= 0.3 is 0 Å². The summed E-state index contributed by atoms with van der Waals surface area (Å²) in [5, 5.41) is 10.7. The fourth-order valence-electron chi connectivity index (χ4n) is 2.85. The summed E-state index contributed by atoms with van der Waals surface area (Å²) in [7, 11) is 0. The molecule has 1 aliphatic heterocycles. The van der Waals surface area contributed by atoms with Gasteiger partial charge < -0.3 is 5.11 Å². The Balaban J connectivity index is 2.07. The molecule has 0 aliphatic carbocycles. The lowest BCUT2D eigenvalue weighted by atomic mass is 9.95. The Kier molecular flexibility index (Phi) is 4.41. The number of hydrogen-bond donors (Lipinski definition) is 1. The van der Waals surface area contributed by atoms with Gasteiger partial charge in [0.2, 0.25) is 0 Å². The van der Waals surface area contributed by atoms with E-state index in [4.69, 9.17) is 0 Å². The van der Waals surface area contributed by atoms with Crippen LogP contribution in [0.15, 0.2) is 30.3 Å². The van der Waals surface area contributed by atoms with Crippen LogP contribution in [0.4, 0.5) is 0 Å². The van der Waals surface area contributed by atoms with Gasteiger partial charge in [-0.25, -0.2) is 0 Å². The monoisotopic (exact) mass is 247 g/mol.